The number of anilines is 1. The summed E-state index contributed by atoms with van der Waals surface area (Å²) in [6.07, 6.45) is 0. The molecule has 0 saturated heterocycles. The second-order valence-electron chi connectivity index (χ2n) is 3.32. The molecule has 0 amide bonds. The van der Waals surface area contributed by atoms with E-state index in [1.54, 1.807) is 4.68 Å². The Labute approximate surface area is 77.9 Å². The topological polar surface area (TPSA) is 58.9 Å². The summed E-state index contributed by atoms with van der Waals surface area (Å²) in [7, 11) is 5.89. The third kappa shape index (κ3) is 2.66. The van der Waals surface area contributed by atoms with Gasteiger partial charge in [-0.05, 0) is 31.4 Å². The molecule has 6 nitrogen and oxygen atoms in total. The van der Waals surface area contributed by atoms with Gasteiger partial charge in [0, 0.05) is 19.6 Å². The predicted molar refractivity (Wildman–Crippen MR) is 50.4 cm³/mol. The molecule has 0 fully saturated rings. The maximum Gasteiger partial charge on any atom is 0.242 e. The van der Waals surface area contributed by atoms with E-state index in [-0.39, 0.29) is 0 Å². The third-order valence-corrected chi connectivity index (χ3v) is 2.06. The van der Waals surface area contributed by atoms with Crippen molar-refractivity contribution in [1.29, 1.82) is 0 Å². The van der Waals surface area contributed by atoms with Gasteiger partial charge in [-0.1, -0.05) is 5.10 Å². The second kappa shape index (κ2) is 4.18. The van der Waals surface area contributed by atoms with Crippen LogP contribution in [0.1, 0.15) is 6.92 Å². The van der Waals surface area contributed by atoms with Crippen LogP contribution < -0.4 is 5.32 Å². The Morgan fingerprint density at radius 3 is 2.69 bits per heavy atom. The molecule has 0 saturated carbocycles. The first-order valence-corrected chi connectivity index (χ1v) is 4.24. The highest BCUT2D eigenvalue weighted by atomic mass is 15.6. The van der Waals surface area contributed by atoms with Crippen molar-refractivity contribution in [3.63, 3.8) is 0 Å². The van der Waals surface area contributed by atoms with Crippen molar-refractivity contribution < 1.29 is 0 Å². The van der Waals surface area contributed by atoms with Crippen LogP contribution >= 0.6 is 0 Å². The molecule has 0 aliphatic heterocycles. The van der Waals surface area contributed by atoms with Crippen LogP contribution in [0, 0.1) is 0 Å². The second-order valence-corrected chi connectivity index (χ2v) is 3.32. The quantitative estimate of drug-likeness (QED) is 0.688. The molecule has 1 N–H and O–H groups in total. The first-order chi connectivity index (χ1) is 6.11. The zero-order valence-corrected chi connectivity index (χ0v) is 8.52. The number of nitrogens with one attached hydrogen (secondary N) is 1. The number of aryl methyl sites for hydroxylation is 1. The lowest BCUT2D eigenvalue weighted by Gasteiger charge is -2.19. The Balaban J connectivity index is 2.39. The normalized spacial score (nSPS) is 13.3. The molecule has 1 heterocycles. The summed E-state index contributed by atoms with van der Waals surface area (Å²) in [5, 5.41) is 14.2. The molecular weight excluding hydrogens is 168 g/mol. The fourth-order valence-electron chi connectivity index (χ4n) is 0.801. The lowest BCUT2D eigenvalue weighted by atomic mass is 10.3. The Morgan fingerprint density at radius 2 is 2.23 bits per heavy atom. The van der Waals surface area contributed by atoms with E-state index in [0.717, 1.165) is 6.54 Å². The van der Waals surface area contributed by atoms with Crippen LogP contribution in [0.15, 0.2) is 0 Å². The van der Waals surface area contributed by atoms with Gasteiger partial charge in [0.2, 0.25) is 5.95 Å². The Kier molecular flexibility index (Phi) is 3.18. The highest BCUT2D eigenvalue weighted by molar-refractivity contribution is 5.20. The first kappa shape index (κ1) is 9.91. The largest absolute Gasteiger partial charge is 0.352 e. The summed E-state index contributed by atoms with van der Waals surface area (Å²) < 4.78 is 1.61. The smallest absolute Gasteiger partial charge is 0.242 e. The van der Waals surface area contributed by atoms with Gasteiger partial charge in [-0.2, -0.15) is 0 Å². The van der Waals surface area contributed by atoms with E-state index in [2.05, 4.69) is 32.7 Å². The number of hydrogen-bond acceptors (Lipinski definition) is 5. The van der Waals surface area contributed by atoms with Crippen LogP contribution in [0.25, 0.3) is 0 Å². The molecule has 1 unspecified atom stereocenters. The van der Waals surface area contributed by atoms with E-state index in [1.165, 1.54) is 0 Å². The molecule has 74 valence electrons. The highest BCUT2D eigenvalue weighted by Gasteiger charge is 2.06. The van der Waals surface area contributed by atoms with Crippen molar-refractivity contribution in [2.75, 3.05) is 26.0 Å². The predicted octanol–water partition coefficient (Wildman–Crippen LogP) is -0.428. The van der Waals surface area contributed by atoms with E-state index >= 15 is 0 Å². The molecule has 13 heavy (non-hydrogen) atoms. The van der Waals surface area contributed by atoms with Crippen LogP contribution in [0.2, 0.25) is 0 Å². The number of aromatic nitrogens is 4. The van der Waals surface area contributed by atoms with Crippen molar-refractivity contribution >= 4 is 5.95 Å². The van der Waals surface area contributed by atoms with E-state index in [1.807, 2.05) is 21.1 Å². The molecular formula is C7H16N6. The van der Waals surface area contributed by atoms with Crippen molar-refractivity contribution in [3.8, 4) is 0 Å². The molecule has 1 aromatic rings. The van der Waals surface area contributed by atoms with E-state index in [0.29, 0.717) is 12.0 Å². The average Bonchev–Trinajstić information content (AvgIpc) is 2.47. The average molecular weight is 184 g/mol. The fourth-order valence-corrected chi connectivity index (χ4v) is 0.801. The molecule has 1 atom stereocenters. The molecule has 1 aromatic heterocycles. The van der Waals surface area contributed by atoms with Gasteiger partial charge in [0.05, 0.1) is 0 Å². The monoisotopic (exact) mass is 184 g/mol. The zero-order valence-electron chi connectivity index (χ0n) is 8.52. The van der Waals surface area contributed by atoms with Crippen LogP contribution in [0.4, 0.5) is 5.95 Å². The fraction of sp³-hybridized carbons (Fsp3) is 0.857. The summed E-state index contributed by atoms with van der Waals surface area (Å²) in [6, 6.07) is 0.455. The minimum Gasteiger partial charge on any atom is -0.352 e. The number of nitrogens with zero attached hydrogens (tertiary/aromatic N) is 5. The Hall–Kier alpha value is -1.17. The van der Waals surface area contributed by atoms with E-state index in [4.69, 9.17) is 0 Å². The summed E-state index contributed by atoms with van der Waals surface area (Å²) in [6.45, 7) is 2.97. The summed E-state index contributed by atoms with van der Waals surface area (Å²) >= 11 is 0. The van der Waals surface area contributed by atoms with E-state index in [9.17, 15) is 0 Å². The number of rotatable bonds is 4. The van der Waals surface area contributed by atoms with Crippen LogP contribution in [-0.4, -0.2) is 51.8 Å². The maximum atomic E-state index is 3.82. The number of hydrogen-bond donors (Lipinski definition) is 1. The van der Waals surface area contributed by atoms with Gasteiger partial charge < -0.3 is 10.2 Å². The Morgan fingerprint density at radius 1 is 1.54 bits per heavy atom. The third-order valence-electron chi connectivity index (χ3n) is 2.06. The minimum absolute atomic E-state index is 0.455. The molecule has 1 rings (SSSR count). The van der Waals surface area contributed by atoms with Crippen molar-refractivity contribution in [1.82, 2.24) is 25.1 Å². The van der Waals surface area contributed by atoms with Crippen LogP contribution in [0.3, 0.4) is 0 Å². The molecule has 0 radical (unpaired) electrons. The first-order valence-electron chi connectivity index (χ1n) is 4.24. The highest BCUT2D eigenvalue weighted by Crippen LogP contribution is 1.97. The zero-order chi connectivity index (χ0) is 9.84. The summed E-state index contributed by atoms with van der Waals surface area (Å²) in [5.74, 6) is 0.703. The maximum absolute atomic E-state index is 3.82. The minimum atomic E-state index is 0.455. The molecule has 0 aliphatic carbocycles. The number of tetrazole rings is 1. The molecule has 6 heteroatoms. The van der Waals surface area contributed by atoms with Gasteiger partial charge >= 0.3 is 0 Å². The van der Waals surface area contributed by atoms with Gasteiger partial charge in [-0.3, -0.25) is 0 Å². The van der Waals surface area contributed by atoms with Gasteiger partial charge in [0.15, 0.2) is 0 Å². The van der Waals surface area contributed by atoms with Crippen molar-refractivity contribution in [2.45, 2.75) is 13.0 Å². The van der Waals surface area contributed by atoms with Crippen molar-refractivity contribution in [3.05, 3.63) is 0 Å². The van der Waals surface area contributed by atoms with Gasteiger partial charge in [-0.25, -0.2) is 4.68 Å². The standard InChI is InChI=1S/C7H16N6/c1-6(12(2)3)5-8-7-9-10-11-13(7)4/h6H,5H2,1-4H3,(H,8,9,11). The number of likely N-dealkylation sites (N-methyl/N-ethyl adjacent to an activating group) is 1. The van der Waals surface area contributed by atoms with E-state index < -0.39 is 0 Å². The molecule has 0 bridgehead atoms. The van der Waals surface area contributed by atoms with Crippen LogP contribution in [-0.2, 0) is 7.05 Å². The SMILES string of the molecule is CC(CNc1nnnn1C)N(C)C. The van der Waals surface area contributed by atoms with Crippen LogP contribution in [0.5, 0.6) is 0 Å². The molecule has 0 aromatic carbocycles. The lowest BCUT2D eigenvalue weighted by molar-refractivity contribution is 0.325. The Bertz CT molecular complexity index is 255. The van der Waals surface area contributed by atoms with Gasteiger partial charge in [0.1, 0.15) is 0 Å². The van der Waals surface area contributed by atoms with Gasteiger partial charge in [-0.15, -0.1) is 0 Å². The summed E-state index contributed by atoms with van der Waals surface area (Å²) in [4.78, 5) is 2.14. The van der Waals surface area contributed by atoms with Gasteiger partial charge in [0.25, 0.3) is 0 Å². The molecule has 0 spiro atoms. The summed E-state index contributed by atoms with van der Waals surface area (Å²) in [5.41, 5.74) is 0. The lowest BCUT2D eigenvalue weighted by Crippen LogP contribution is -2.32. The van der Waals surface area contributed by atoms with Crippen molar-refractivity contribution in [2.24, 2.45) is 7.05 Å². The molecule has 0 aliphatic rings.